The van der Waals surface area contributed by atoms with Crippen LogP contribution in [0.2, 0.25) is 0 Å². The number of carbonyl (C=O) groups is 1. The van der Waals surface area contributed by atoms with E-state index in [4.69, 9.17) is 0 Å². The third-order valence-electron chi connectivity index (χ3n) is 4.15. The number of hydrogen-bond donors (Lipinski definition) is 0. The fourth-order valence-corrected chi connectivity index (χ4v) is 2.57. The van der Waals surface area contributed by atoms with Crippen molar-refractivity contribution in [2.24, 2.45) is 0 Å². The van der Waals surface area contributed by atoms with Gasteiger partial charge in [0, 0.05) is 26.0 Å². The molecule has 0 aliphatic rings. The average molecular weight is 311 g/mol. The molecule has 0 radical (unpaired) electrons. The van der Waals surface area contributed by atoms with Crippen LogP contribution in [0.25, 0.3) is 0 Å². The molecule has 4 nitrogen and oxygen atoms in total. The van der Waals surface area contributed by atoms with Crippen molar-refractivity contribution >= 4 is 5.91 Å². The van der Waals surface area contributed by atoms with Crippen molar-refractivity contribution in [1.82, 2.24) is 14.8 Å². The first-order chi connectivity index (χ1) is 11.1. The molecule has 0 spiro atoms. The SMILES string of the molecule is CCN(C)[C@@H](C(=O)N(C)CCc1ccncc1)c1ccccc1. The Hall–Kier alpha value is -2.20. The van der Waals surface area contributed by atoms with Crippen LogP contribution in [0.3, 0.4) is 0 Å². The van der Waals surface area contributed by atoms with E-state index in [-0.39, 0.29) is 11.9 Å². The molecule has 122 valence electrons. The van der Waals surface area contributed by atoms with E-state index in [1.165, 1.54) is 5.56 Å². The average Bonchev–Trinajstić information content (AvgIpc) is 2.61. The summed E-state index contributed by atoms with van der Waals surface area (Å²) in [4.78, 5) is 20.9. The van der Waals surface area contributed by atoms with E-state index >= 15 is 0 Å². The van der Waals surface area contributed by atoms with Gasteiger partial charge in [0.15, 0.2) is 0 Å². The first kappa shape index (κ1) is 17.2. The molecule has 1 aromatic carbocycles. The van der Waals surface area contributed by atoms with Crippen molar-refractivity contribution < 1.29 is 4.79 Å². The van der Waals surface area contributed by atoms with E-state index in [9.17, 15) is 4.79 Å². The zero-order valence-corrected chi connectivity index (χ0v) is 14.1. The number of pyridine rings is 1. The van der Waals surface area contributed by atoms with Crippen molar-refractivity contribution in [2.75, 3.05) is 27.2 Å². The molecule has 4 heteroatoms. The van der Waals surface area contributed by atoms with Gasteiger partial charge in [-0.1, -0.05) is 37.3 Å². The van der Waals surface area contributed by atoms with Crippen molar-refractivity contribution in [3.8, 4) is 0 Å². The van der Waals surface area contributed by atoms with Crippen LogP contribution in [0.4, 0.5) is 0 Å². The van der Waals surface area contributed by atoms with Crippen molar-refractivity contribution in [2.45, 2.75) is 19.4 Å². The molecule has 2 rings (SSSR count). The lowest BCUT2D eigenvalue weighted by Gasteiger charge is -2.30. The molecule has 1 heterocycles. The van der Waals surface area contributed by atoms with E-state index in [2.05, 4.69) is 16.8 Å². The van der Waals surface area contributed by atoms with Gasteiger partial charge < -0.3 is 4.90 Å². The van der Waals surface area contributed by atoms with Crippen LogP contribution in [0.15, 0.2) is 54.9 Å². The lowest BCUT2D eigenvalue weighted by Crippen LogP contribution is -2.40. The number of likely N-dealkylation sites (N-methyl/N-ethyl adjacent to an activating group) is 2. The zero-order valence-electron chi connectivity index (χ0n) is 14.1. The van der Waals surface area contributed by atoms with Crippen molar-refractivity contribution in [1.29, 1.82) is 0 Å². The summed E-state index contributed by atoms with van der Waals surface area (Å²) in [5.74, 6) is 0.134. The van der Waals surface area contributed by atoms with Gasteiger partial charge in [0.25, 0.3) is 0 Å². The van der Waals surface area contributed by atoms with Crippen LogP contribution in [0.5, 0.6) is 0 Å². The van der Waals surface area contributed by atoms with E-state index in [1.54, 1.807) is 12.4 Å². The van der Waals surface area contributed by atoms with Crippen LogP contribution in [0, 0.1) is 0 Å². The van der Waals surface area contributed by atoms with Crippen LogP contribution in [-0.4, -0.2) is 47.9 Å². The molecule has 23 heavy (non-hydrogen) atoms. The number of aromatic nitrogens is 1. The highest BCUT2D eigenvalue weighted by Gasteiger charge is 2.26. The summed E-state index contributed by atoms with van der Waals surface area (Å²) in [7, 11) is 3.87. The molecule has 0 saturated heterocycles. The van der Waals surface area contributed by atoms with Gasteiger partial charge in [-0.05, 0) is 43.3 Å². The molecule has 0 aliphatic heterocycles. The summed E-state index contributed by atoms with van der Waals surface area (Å²) < 4.78 is 0. The summed E-state index contributed by atoms with van der Waals surface area (Å²) in [5, 5.41) is 0. The Morgan fingerprint density at radius 3 is 2.35 bits per heavy atom. The third-order valence-corrected chi connectivity index (χ3v) is 4.15. The Morgan fingerprint density at radius 2 is 1.74 bits per heavy atom. The van der Waals surface area contributed by atoms with Crippen molar-refractivity contribution in [3.63, 3.8) is 0 Å². The van der Waals surface area contributed by atoms with E-state index < -0.39 is 0 Å². The van der Waals surface area contributed by atoms with Crippen LogP contribution >= 0.6 is 0 Å². The van der Waals surface area contributed by atoms with Crippen LogP contribution in [-0.2, 0) is 11.2 Å². The summed E-state index contributed by atoms with van der Waals surface area (Å²) in [6, 6.07) is 13.7. The van der Waals surface area contributed by atoms with Crippen LogP contribution in [0.1, 0.15) is 24.1 Å². The fraction of sp³-hybridized carbons (Fsp3) is 0.368. The number of nitrogens with zero attached hydrogens (tertiary/aromatic N) is 3. The lowest BCUT2D eigenvalue weighted by atomic mass is 10.0. The Balaban J connectivity index is 2.07. The minimum atomic E-state index is -0.233. The van der Waals surface area contributed by atoms with Gasteiger partial charge in [-0.15, -0.1) is 0 Å². The Labute approximate surface area is 138 Å². The quantitative estimate of drug-likeness (QED) is 0.789. The molecule has 1 aromatic heterocycles. The van der Waals surface area contributed by atoms with Gasteiger partial charge >= 0.3 is 0 Å². The maximum Gasteiger partial charge on any atom is 0.244 e. The number of carbonyl (C=O) groups excluding carboxylic acids is 1. The van der Waals surface area contributed by atoms with Gasteiger partial charge in [-0.2, -0.15) is 0 Å². The number of benzene rings is 1. The number of hydrogen-bond acceptors (Lipinski definition) is 3. The number of amides is 1. The monoisotopic (exact) mass is 311 g/mol. The van der Waals surface area contributed by atoms with Gasteiger partial charge in [-0.25, -0.2) is 0 Å². The summed E-state index contributed by atoms with van der Waals surface area (Å²) in [6.07, 6.45) is 4.41. The number of rotatable bonds is 7. The molecule has 0 N–H and O–H groups in total. The molecule has 1 atom stereocenters. The van der Waals surface area contributed by atoms with E-state index in [1.807, 2.05) is 61.5 Å². The first-order valence-corrected chi connectivity index (χ1v) is 8.02. The third kappa shape index (κ3) is 4.63. The summed E-state index contributed by atoms with van der Waals surface area (Å²) in [6.45, 7) is 3.59. The topological polar surface area (TPSA) is 36.4 Å². The standard InChI is InChI=1S/C19H25N3O/c1-4-21(2)18(17-8-6-5-7-9-17)19(23)22(3)15-12-16-10-13-20-14-11-16/h5-11,13-14,18H,4,12,15H2,1-3H3/t18-/m1/s1. The molecule has 0 fully saturated rings. The Bertz CT molecular complexity index is 601. The fourth-order valence-electron chi connectivity index (χ4n) is 2.57. The predicted octanol–water partition coefficient (Wildman–Crippen LogP) is 2.78. The molecule has 0 bridgehead atoms. The molecule has 0 aliphatic carbocycles. The Kier molecular flexibility index (Phi) is 6.29. The minimum Gasteiger partial charge on any atom is -0.344 e. The maximum atomic E-state index is 12.9. The summed E-state index contributed by atoms with van der Waals surface area (Å²) in [5.41, 5.74) is 2.23. The van der Waals surface area contributed by atoms with Gasteiger partial charge in [0.1, 0.15) is 6.04 Å². The highest BCUT2D eigenvalue weighted by atomic mass is 16.2. The second-order valence-electron chi connectivity index (χ2n) is 5.75. The molecule has 0 unspecified atom stereocenters. The van der Waals surface area contributed by atoms with E-state index in [0.29, 0.717) is 6.54 Å². The largest absolute Gasteiger partial charge is 0.344 e. The highest BCUT2D eigenvalue weighted by molar-refractivity contribution is 5.83. The smallest absolute Gasteiger partial charge is 0.244 e. The Morgan fingerprint density at radius 1 is 1.09 bits per heavy atom. The molecule has 0 saturated carbocycles. The highest BCUT2D eigenvalue weighted by Crippen LogP contribution is 2.21. The minimum absolute atomic E-state index is 0.134. The normalized spacial score (nSPS) is 12.2. The van der Waals surface area contributed by atoms with Crippen molar-refractivity contribution in [3.05, 3.63) is 66.0 Å². The van der Waals surface area contributed by atoms with E-state index in [0.717, 1.165) is 18.5 Å². The second-order valence-corrected chi connectivity index (χ2v) is 5.75. The maximum absolute atomic E-state index is 12.9. The molecular weight excluding hydrogens is 286 g/mol. The van der Waals surface area contributed by atoms with Gasteiger partial charge in [0.05, 0.1) is 0 Å². The first-order valence-electron chi connectivity index (χ1n) is 8.02. The molecule has 2 aromatic rings. The molecule has 1 amide bonds. The lowest BCUT2D eigenvalue weighted by molar-refractivity contribution is -0.135. The zero-order chi connectivity index (χ0) is 16.7. The van der Waals surface area contributed by atoms with Crippen LogP contribution < -0.4 is 0 Å². The molecular formula is C19H25N3O. The second kappa shape index (κ2) is 8.44. The summed E-state index contributed by atoms with van der Waals surface area (Å²) >= 11 is 0. The predicted molar refractivity (Wildman–Crippen MR) is 93.1 cm³/mol. The van der Waals surface area contributed by atoms with Gasteiger partial charge in [-0.3, -0.25) is 14.7 Å². The van der Waals surface area contributed by atoms with Gasteiger partial charge in [0.2, 0.25) is 5.91 Å².